The average Bonchev–Trinajstić information content (AvgIpc) is 3.18. The molecule has 0 aliphatic heterocycles. The Morgan fingerprint density at radius 2 is 2.26 bits per heavy atom. The second-order valence-electron chi connectivity index (χ2n) is 4.80. The molecule has 2 rings (SSSR count). The quantitative estimate of drug-likeness (QED) is 0.806. The van der Waals surface area contributed by atoms with Gasteiger partial charge in [0.1, 0.15) is 0 Å². The van der Waals surface area contributed by atoms with Crippen molar-refractivity contribution in [3.63, 3.8) is 0 Å². The average molecular weight is 324 g/mol. The molecule has 0 radical (unpaired) electrons. The highest BCUT2D eigenvalue weighted by molar-refractivity contribution is 9.10. The Hall–Kier alpha value is -1.29. The van der Waals surface area contributed by atoms with E-state index in [1.807, 2.05) is 12.1 Å². The molecule has 1 aliphatic carbocycles. The lowest BCUT2D eigenvalue weighted by Crippen LogP contribution is -2.27. The molecule has 1 N–H and O–H groups in total. The summed E-state index contributed by atoms with van der Waals surface area (Å²) in [5, 5.41) is 8.77. The number of anilines is 1. The Kier molecular flexibility index (Phi) is 4.64. The van der Waals surface area contributed by atoms with Crippen LogP contribution in [0.25, 0.3) is 6.08 Å². The van der Waals surface area contributed by atoms with Gasteiger partial charge < -0.3 is 10.0 Å². The summed E-state index contributed by atoms with van der Waals surface area (Å²) in [6.07, 6.45) is 6.42. The van der Waals surface area contributed by atoms with Crippen molar-refractivity contribution in [1.29, 1.82) is 0 Å². The molecule has 3 nitrogen and oxygen atoms in total. The van der Waals surface area contributed by atoms with Crippen molar-refractivity contribution < 1.29 is 9.90 Å². The minimum absolute atomic E-state index is 0.617. The first-order valence-corrected chi connectivity index (χ1v) is 7.38. The van der Waals surface area contributed by atoms with Crippen molar-refractivity contribution in [2.75, 3.05) is 11.4 Å². The third kappa shape index (κ3) is 3.83. The Morgan fingerprint density at radius 3 is 2.84 bits per heavy atom. The number of halogens is 1. The van der Waals surface area contributed by atoms with Crippen molar-refractivity contribution in [1.82, 2.24) is 0 Å². The standard InChI is InChI=1S/C15H18BrNO2/c1-2-9-17(13-6-7-13)14-10-12(16)5-3-11(14)4-8-15(18)19/h3-5,8,10,13H,2,6-7,9H2,1H3,(H,18,19)/b8-4+. The van der Waals surface area contributed by atoms with Crippen LogP contribution in [0.2, 0.25) is 0 Å². The minimum Gasteiger partial charge on any atom is -0.478 e. The molecule has 1 fully saturated rings. The van der Waals surface area contributed by atoms with Crippen molar-refractivity contribution in [3.8, 4) is 0 Å². The van der Waals surface area contributed by atoms with Crippen LogP contribution >= 0.6 is 15.9 Å². The van der Waals surface area contributed by atoms with Crippen LogP contribution < -0.4 is 4.90 Å². The molecular formula is C15H18BrNO2. The van der Waals surface area contributed by atoms with Gasteiger partial charge >= 0.3 is 5.97 Å². The summed E-state index contributed by atoms with van der Waals surface area (Å²) in [6.45, 7) is 3.18. The van der Waals surface area contributed by atoms with Crippen LogP contribution in [-0.4, -0.2) is 23.7 Å². The van der Waals surface area contributed by atoms with E-state index in [0.29, 0.717) is 6.04 Å². The smallest absolute Gasteiger partial charge is 0.328 e. The van der Waals surface area contributed by atoms with Gasteiger partial charge in [-0.2, -0.15) is 0 Å². The molecule has 1 aromatic rings. The van der Waals surface area contributed by atoms with Gasteiger partial charge in [0.25, 0.3) is 0 Å². The van der Waals surface area contributed by atoms with Crippen LogP contribution in [0.15, 0.2) is 28.7 Å². The number of benzene rings is 1. The van der Waals surface area contributed by atoms with Crippen LogP contribution in [0.1, 0.15) is 31.7 Å². The lowest BCUT2D eigenvalue weighted by molar-refractivity contribution is -0.131. The number of hydrogen-bond donors (Lipinski definition) is 1. The number of aliphatic carboxylic acids is 1. The van der Waals surface area contributed by atoms with Gasteiger partial charge in [0, 0.05) is 28.8 Å². The zero-order valence-corrected chi connectivity index (χ0v) is 12.6. The highest BCUT2D eigenvalue weighted by Crippen LogP contribution is 2.35. The van der Waals surface area contributed by atoms with Crippen molar-refractivity contribution in [3.05, 3.63) is 34.3 Å². The molecule has 0 saturated heterocycles. The lowest BCUT2D eigenvalue weighted by Gasteiger charge is -2.26. The van der Waals surface area contributed by atoms with Gasteiger partial charge in [0.15, 0.2) is 0 Å². The fourth-order valence-electron chi connectivity index (χ4n) is 2.19. The van der Waals surface area contributed by atoms with Crippen LogP contribution in [-0.2, 0) is 4.79 Å². The van der Waals surface area contributed by atoms with E-state index >= 15 is 0 Å². The molecule has 19 heavy (non-hydrogen) atoms. The van der Waals surface area contributed by atoms with Crippen molar-refractivity contribution in [2.24, 2.45) is 0 Å². The number of carbonyl (C=O) groups is 1. The molecule has 0 heterocycles. The molecule has 1 aromatic carbocycles. The third-order valence-electron chi connectivity index (χ3n) is 3.16. The topological polar surface area (TPSA) is 40.5 Å². The Bertz CT molecular complexity index is 495. The summed E-state index contributed by atoms with van der Waals surface area (Å²) in [5.74, 6) is -0.915. The molecule has 1 saturated carbocycles. The summed E-state index contributed by atoms with van der Waals surface area (Å²) in [5.41, 5.74) is 2.09. The van der Waals surface area contributed by atoms with Gasteiger partial charge in [-0.15, -0.1) is 0 Å². The van der Waals surface area contributed by atoms with E-state index in [9.17, 15) is 4.79 Å². The first kappa shape index (κ1) is 14.1. The SMILES string of the molecule is CCCN(c1cc(Br)ccc1/C=C/C(=O)O)C1CC1. The van der Waals surface area contributed by atoms with E-state index in [4.69, 9.17) is 5.11 Å². The summed E-state index contributed by atoms with van der Waals surface area (Å²) >= 11 is 3.50. The molecule has 0 aromatic heterocycles. The molecule has 0 spiro atoms. The van der Waals surface area contributed by atoms with Crippen LogP contribution in [0.4, 0.5) is 5.69 Å². The zero-order valence-electron chi connectivity index (χ0n) is 11.0. The van der Waals surface area contributed by atoms with E-state index in [2.05, 4.69) is 33.8 Å². The largest absolute Gasteiger partial charge is 0.478 e. The van der Waals surface area contributed by atoms with Crippen LogP contribution in [0, 0.1) is 0 Å². The Morgan fingerprint density at radius 1 is 1.53 bits per heavy atom. The fourth-order valence-corrected chi connectivity index (χ4v) is 2.54. The van der Waals surface area contributed by atoms with E-state index in [1.54, 1.807) is 6.08 Å². The maximum Gasteiger partial charge on any atom is 0.328 e. The number of nitrogens with zero attached hydrogens (tertiary/aromatic N) is 1. The number of carboxylic acid groups (broad SMARTS) is 1. The third-order valence-corrected chi connectivity index (χ3v) is 3.65. The maximum atomic E-state index is 10.7. The van der Waals surface area contributed by atoms with Gasteiger partial charge in [-0.1, -0.05) is 28.9 Å². The lowest BCUT2D eigenvalue weighted by atomic mass is 10.1. The highest BCUT2D eigenvalue weighted by atomic mass is 79.9. The summed E-state index contributed by atoms with van der Waals surface area (Å²) in [6, 6.07) is 6.60. The Labute approximate surface area is 122 Å². The highest BCUT2D eigenvalue weighted by Gasteiger charge is 2.29. The number of rotatable bonds is 6. The molecule has 0 bridgehead atoms. The second kappa shape index (κ2) is 6.24. The predicted molar refractivity (Wildman–Crippen MR) is 81.5 cm³/mol. The Balaban J connectivity index is 2.34. The molecule has 0 atom stereocenters. The van der Waals surface area contributed by atoms with Crippen molar-refractivity contribution in [2.45, 2.75) is 32.2 Å². The second-order valence-corrected chi connectivity index (χ2v) is 5.71. The van der Waals surface area contributed by atoms with E-state index in [0.717, 1.165) is 28.7 Å². The van der Waals surface area contributed by atoms with Crippen LogP contribution in [0.3, 0.4) is 0 Å². The van der Waals surface area contributed by atoms with Gasteiger partial charge in [0.2, 0.25) is 0 Å². The molecular weight excluding hydrogens is 306 g/mol. The minimum atomic E-state index is -0.915. The van der Waals surface area contributed by atoms with Gasteiger partial charge in [-0.05, 0) is 43.0 Å². The van der Waals surface area contributed by atoms with Gasteiger partial charge in [0.05, 0.1) is 0 Å². The molecule has 102 valence electrons. The summed E-state index contributed by atoms with van der Waals surface area (Å²) in [4.78, 5) is 13.1. The van der Waals surface area contributed by atoms with Crippen LogP contribution in [0.5, 0.6) is 0 Å². The molecule has 4 heteroatoms. The number of hydrogen-bond acceptors (Lipinski definition) is 2. The molecule has 0 amide bonds. The first-order chi connectivity index (χ1) is 9.11. The summed E-state index contributed by atoms with van der Waals surface area (Å²) < 4.78 is 1.02. The summed E-state index contributed by atoms with van der Waals surface area (Å²) in [7, 11) is 0. The first-order valence-electron chi connectivity index (χ1n) is 6.59. The molecule has 0 unspecified atom stereocenters. The fraction of sp³-hybridized carbons (Fsp3) is 0.400. The van der Waals surface area contributed by atoms with Gasteiger partial charge in [-0.3, -0.25) is 0 Å². The van der Waals surface area contributed by atoms with E-state index in [-0.39, 0.29) is 0 Å². The number of carboxylic acids is 1. The van der Waals surface area contributed by atoms with Crippen molar-refractivity contribution >= 4 is 33.7 Å². The van der Waals surface area contributed by atoms with E-state index in [1.165, 1.54) is 18.9 Å². The maximum absolute atomic E-state index is 10.7. The van der Waals surface area contributed by atoms with Gasteiger partial charge in [-0.25, -0.2) is 4.79 Å². The zero-order chi connectivity index (χ0) is 13.8. The van der Waals surface area contributed by atoms with E-state index < -0.39 is 5.97 Å². The normalized spacial score (nSPS) is 14.8. The predicted octanol–water partition coefficient (Wildman–Crippen LogP) is 3.93. The monoisotopic (exact) mass is 323 g/mol. The molecule has 1 aliphatic rings.